The Kier molecular flexibility index (Phi) is 2.73. The molecular formula is C15H13NOSe. The molecule has 3 rings (SSSR count). The summed E-state index contributed by atoms with van der Waals surface area (Å²) in [4.78, 5) is 12.4. The molecular weight excluding hydrogens is 289 g/mol. The van der Waals surface area contributed by atoms with Crippen LogP contribution in [0.15, 0.2) is 47.3 Å². The molecule has 0 unspecified atom stereocenters. The van der Waals surface area contributed by atoms with E-state index in [1.165, 1.54) is 4.26 Å². The number of para-hydroxylation sites is 1. The summed E-state index contributed by atoms with van der Waals surface area (Å²) in [5.41, 5.74) is 3.55. The molecule has 18 heavy (non-hydrogen) atoms. The van der Waals surface area contributed by atoms with Crippen LogP contribution in [0.1, 0.15) is 11.1 Å². The van der Waals surface area contributed by atoms with Gasteiger partial charge >= 0.3 is 111 Å². The molecule has 0 N–H and O–H groups in total. The van der Waals surface area contributed by atoms with Gasteiger partial charge in [-0.2, -0.15) is 0 Å². The summed E-state index contributed by atoms with van der Waals surface area (Å²) in [7, 11) is 0. The number of aromatic nitrogens is 1. The molecule has 0 bridgehead atoms. The Labute approximate surface area is 111 Å². The Morgan fingerprint density at radius 2 is 1.61 bits per heavy atom. The summed E-state index contributed by atoms with van der Waals surface area (Å²) in [6.45, 7) is 4.13. The van der Waals surface area contributed by atoms with Gasteiger partial charge in [0.05, 0.1) is 0 Å². The molecule has 90 valence electrons. The summed E-state index contributed by atoms with van der Waals surface area (Å²) in [5.74, 6) is 0. The number of rotatable bonds is 1. The quantitative estimate of drug-likeness (QED) is 0.634. The normalized spacial score (nSPS) is 11.0. The monoisotopic (exact) mass is 303 g/mol. The van der Waals surface area contributed by atoms with Crippen LogP contribution in [0, 0.1) is 13.8 Å². The van der Waals surface area contributed by atoms with Crippen molar-refractivity contribution in [2.24, 2.45) is 0 Å². The van der Waals surface area contributed by atoms with E-state index in [-0.39, 0.29) is 20.3 Å². The van der Waals surface area contributed by atoms with Crippen molar-refractivity contribution < 1.29 is 0 Å². The van der Waals surface area contributed by atoms with Gasteiger partial charge in [0.15, 0.2) is 0 Å². The molecule has 1 aromatic heterocycles. The van der Waals surface area contributed by atoms with Crippen LogP contribution < -0.4 is 5.56 Å². The third-order valence-corrected chi connectivity index (χ3v) is 5.41. The summed E-state index contributed by atoms with van der Waals surface area (Å²) >= 11 is 0.0601. The predicted octanol–water partition coefficient (Wildman–Crippen LogP) is 2.66. The van der Waals surface area contributed by atoms with Crippen LogP contribution in [-0.2, 0) is 0 Å². The van der Waals surface area contributed by atoms with E-state index in [9.17, 15) is 4.79 Å². The van der Waals surface area contributed by atoms with Gasteiger partial charge in [0.25, 0.3) is 0 Å². The van der Waals surface area contributed by atoms with Crippen LogP contribution in [-0.4, -0.2) is 18.3 Å². The third kappa shape index (κ3) is 1.67. The molecule has 0 amide bonds. The van der Waals surface area contributed by atoms with Crippen molar-refractivity contribution >= 4 is 24.4 Å². The second kappa shape index (κ2) is 4.27. The fraction of sp³-hybridized carbons (Fsp3) is 0.133. The standard InChI is InChI=1S/C15H13NOSe/c1-10-6-5-7-11(2)14(10)16-15(17)12-8-3-4-9-13(12)18-16/h3-9H,1-2H3. The third-order valence-electron chi connectivity index (χ3n) is 3.13. The fourth-order valence-electron chi connectivity index (χ4n) is 2.25. The average molecular weight is 302 g/mol. The van der Waals surface area contributed by atoms with Gasteiger partial charge in [-0.05, 0) is 0 Å². The molecule has 0 radical (unpaired) electrons. The number of aryl methyl sites for hydroxylation is 2. The van der Waals surface area contributed by atoms with Gasteiger partial charge in [-0.15, -0.1) is 0 Å². The van der Waals surface area contributed by atoms with Gasteiger partial charge < -0.3 is 0 Å². The van der Waals surface area contributed by atoms with Gasteiger partial charge in [-0.1, -0.05) is 0 Å². The zero-order valence-corrected chi connectivity index (χ0v) is 12.0. The van der Waals surface area contributed by atoms with Gasteiger partial charge in [-0.25, -0.2) is 0 Å². The van der Waals surface area contributed by atoms with E-state index in [0.717, 1.165) is 22.2 Å². The molecule has 0 saturated heterocycles. The molecule has 2 aromatic carbocycles. The Hall–Kier alpha value is -1.57. The van der Waals surface area contributed by atoms with Crippen LogP contribution >= 0.6 is 0 Å². The molecule has 0 aliphatic heterocycles. The van der Waals surface area contributed by atoms with E-state index in [4.69, 9.17) is 0 Å². The Morgan fingerprint density at radius 1 is 0.944 bits per heavy atom. The predicted molar refractivity (Wildman–Crippen MR) is 76.0 cm³/mol. The molecule has 0 fully saturated rings. The zero-order valence-electron chi connectivity index (χ0n) is 10.3. The maximum absolute atomic E-state index is 12.4. The summed E-state index contributed by atoms with van der Waals surface area (Å²) < 4.78 is 3.13. The molecule has 0 spiro atoms. The minimum atomic E-state index is 0.0601. The SMILES string of the molecule is Cc1cccc(C)c1-n1[se]c2ccccc2c1=O. The number of nitrogens with zero attached hydrogens (tertiary/aromatic N) is 1. The van der Waals surface area contributed by atoms with Crippen LogP contribution in [0.3, 0.4) is 0 Å². The van der Waals surface area contributed by atoms with Crippen LogP contribution in [0.4, 0.5) is 0 Å². The molecule has 1 heterocycles. The van der Waals surface area contributed by atoms with E-state index in [0.29, 0.717) is 0 Å². The zero-order chi connectivity index (χ0) is 12.7. The number of hydrogen-bond acceptors (Lipinski definition) is 1. The molecule has 0 atom stereocenters. The summed E-state index contributed by atoms with van der Waals surface area (Å²) in [6, 6.07) is 14.1. The average Bonchev–Trinajstić information content (AvgIpc) is 2.68. The Morgan fingerprint density at radius 3 is 2.28 bits per heavy atom. The fourth-order valence-corrected chi connectivity index (χ4v) is 4.66. The van der Waals surface area contributed by atoms with Crippen molar-refractivity contribution in [2.75, 3.05) is 0 Å². The van der Waals surface area contributed by atoms with Gasteiger partial charge in [0.2, 0.25) is 0 Å². The molecule has 2 nitrogen and oxygen atoms in total. The molecule has 0 aliphatic rings. The number of fused-ring (bicyclic) bond motifs is 1. The van der Waals surface area contributed by atoms with Crippen LogP contribution in [0.25, 0.3) is 15.3 Å². The molecule has 3 heteroatoms. The van der Waals surface area contributed by atoms with E-state index in [1.54, 1.807) is 0 Å². The van der Waals surface area contributed by atoms with Crippen molar-refractivity contribution in [3.05, 3.63) is 63.9 Å². The van der Waals surface area contributed by atoms with E-state index >= 15 is 0 Å². The first-order chi connectivity index (χ1) is 8.68. The second-order valence-corrected chi connectivity index (χ2v) is 6.50. The van der Waals surface area contributed by atoms with Crippen LogP contribution in [0.5, 0.6) is 0 Å². The van der Waals surface area contributed by atoms with Gasteiger partial charge in [0, 0.05) is 0 Å². The topological polar surface area (TPSA) is 22.0 Å². The molecule has 3 aromatic rings. The Bertz CT molecular complexity index is 762. The molecule has 0 aliphatic carbocycles. The van der Waals surface area contributed by atoms with Crippen molar-refractivity contribution in [1.82, 2.24) is 3.56 Å². The van der Waals surface area contributed by atoms with Crippen molar-refractivity contribution in [3.63, 3.8) is 0 Å². The van der Waals surface area contributed by atoms with Crippen molar-refractivity contribution in [1.29, 1.82) is 0 Å². The number of benzene rings is 2. The number of hydrogen-bond donors (Lipinski definition) is 0. The Balaban J connectivity index is 2.39. The second-order valence-electron chi connectivity index (χ2n) is 4.43. The van der Waals surface area contributed by atoms with E-state index < -0.39 is 0 Å². The van der Waals surface area contributed by atoms with Crippen molar-refractivity contribution in [3.8, 4) is 5.69 Å². The van der Waals surface area contributed by atoms with Gasteiger partial charge in [0.1, 0.15) is 0 Å². The summed E-state index contributed by atoms with van der Waals surface area (Å²) in [6.07, 6.45) is 0. The van der Waals surface area contributed by atoms with Gasteiger partial charge in [-0.3, -0.25) is 0 Å². The van der Waals surface area contributed by atoms with E-state index in [1.807, 2.05) is 27.8 Å². The first kappa shape index (κ1) is 11.5. The first-order valence-corrected chi connectivity index (χ1v) is 7.48. The first-order valence-electron chi connectivity index (χ1n) is 5.86. The van der Waals surface area contributed by atoms with Crippen LogP contribution in [0.2, 0.25) is 0 Å². The van der Waals surface area contributed by atoms with E-state index in [2.05, 4.69) is 32.0 Å². The summed E-state index contributed by atoms with van der Waals surface area (Å²) in [5, 5.41) is 0.861. The molecule has 0 saturated carbocycles. The minimum absolute atomic E-state index is 0.0601. The van der Waals surface area contributed by atoms with Crippen molar-refractivity contribution in [2.45, 2.75) is 13.8 Å². The maximum atomic E-state index is 12.4.